The van der Waals surface area contributed by atoms with Crippen LogP contribution >= 0.6 is 0 Å². The number of amides is 1. The maximum absolute atomic E-state index is 11.0. The Hall–Kier alpha value is -1.75. The molecule has 1 amide bonds. The topological polar surface area (TPSA) is 93.7 Å². The number of ether oxygens (including phenoxy) is 7. The Morgan fingerprint density at radius 2 is 1.07 bits per heavy atom. The molecular weight excluding hydrogens is 394 g/mol. The second-order valence-corrected chi connectivity index (χ2v) is 6.11. The zero-order chi connectivity index (χ0) is 21.7. The van der Waals surface area contributed by atoms with Crippen molar-refractivity contribution in [3.8, 4) is 5.75 Å². The van der Waals surface area contributed by atoms with Crippen molar-refractivity contribution in [3.63, 3.8) is 0 Å². The first-order valence-corrected chi connectivity index (χ1v) is 10.1. The highest BCUT2D eigenvalue weighted by Crippen LogP contribution is 2.15. The molecule has 0 aliphatic carbocycles. The number of carbonyl (C=O) groups excluding carboxylic acids is 1. The summed E-state index contributed by atoms with van der Waals surface area (Å²) in [6.07, 6.45) is 0. The predicted octanol–water partition coefficient (Wildman–Crippen LogP) is 1.75. The average Bonchev–Trinajstić information content (AvgIpc) is 2.73. The molecule has 1 aromatic rings. The second kappa shape index (κ2) is 19.2. The molecule has 9 nitrogen and oxygen atoms in total. The molecule has 172 valence electrons. The fourth-order valence-corrected chi connectivity index (χ4v) is 2.18. The first-order valence-electron chi connectivity index (χ1n) is 10.1. The maximum Gasteiger partial charge on any atom is 0.221 e. The smallest absolute Gasteiger partial charge is 0.221 e. The third kappa shape index (κ3) is 16.1. The first kappa shape index (κ1) is 26.3. The van der Waals surface area contributed by atoms with Gasteiger partial charge in [0.1, 0.15) is 12.4 Å². The van der Waals surface area contributed by atoms with Crippen LogP contribution in [0.2, 0.25) is 0 Å². The van der Waals surface area contributed by atoms with Crippen LogP contribution in [0.4, 0.5) is 5.69 Å². The molecule has 0 radical (unpaired) electrons. The highest BCUT2D eigenvalue weighted by atomic mass is 16.6. The molecule has 9 heteroatoms. The summed E-state index contributed by atoms with van der Waals surface area (Å²) >= 11 is 0. The molecule has 1 N–H and O–H groups in total. The Morgan fingerprint density at radius 3 is 1.47 bits per heavy atom. The monoisotopic (exact) mass is 429 g/mol. The van der Waals surface area contributed by atoms with Gasteiger partial charge in [-0.05, 0) is 24.3 Å². The van der Waals surface area contributed by atoms with Gasteiger partial charge in [-0.25, -0.2) is 0 Å². The van der Waals surface area contributed by atoms with Crippen LogP contribution in [-0.2, 0) is 33.2 Å². The van der Waals surface area contributed by atoms with Crippen LogP contribution in [0.1, 0.15) is 6.92 Å². The standard InChI is InChI=1S/C21H35NO8/c1-19(23)22-20-3-5-21(6-4-20)30-18-17-29-16-15-28-14-13-27-12-11-26-10-9-25-8-7-24-2/h3-6H,7-18H2,1-2H3,(H,22,23). The average molecular weight is 430 g/mol. The van der Waals surface area contributed by atoms with Gasteiger partial charge in [0.2, 0.25) is 5.91 Å². The predicted molar refractivity (Wildman–Crippen MR) is 112 cm³/mol. The van der Waals surface area contributed by atoms with Gasteiger partial charge in [-0.3, -0.25) is 4.79 Å². The van der Waals surface area contributed by atoms with Crippen molar-refractivity contribution in [3.05, 3.63) is 24.3 Å². The molecule has 0 heterocycles. The van der Waals surface area contributed by atoms with Crippen molar-refractivity contribution in [2.24, 2.45) is 0 Å². The minimum atomic E-state index is -0.101. The molecule has 0 fully saturated rings. The molecule has 30 heavy (non-hydrogen) atoms. The van der Waals surface area contributed by atoms with Crippen LogP contribution in [0.15, 0.2) is 24.3 Å². The minimum absolute atomic E-state index is 0.101. The largest absolute Gasteiger partial charge is 0.491 e. The zero-order valence-electron chi connectivity index (χ0n) is 18.1. The highest BCUT2D eigenvalue weighted by molar-refractivity contribution is 5.88. The molecule has 0 aliphatic heterocycles. The van der Waals surface area contributed by atoms with Crippen molar-refractivity contribution in [1.29, 1.82) is 0 Å². The van der Waals surface area contributed by atoms with Crippen molar-refractivity contribution in [2.45, 2.75) is 6.92 Å². The molecule has 0 spiro atoms. The number of methoxy groups -OCH3 is 1. The van der Waals surface area contributed by atoms with E-state index in [1.807, 2.05) is 0 Å². The summed E-state index contributed by atoms with van der Waals surface area (Å²) in [5.74, 6) is 0.624. The van der Waals surface area contributed by atoms with Gasteiger partial charge in [0, 0.05) is 19.7 Å². The van der Waals surface area contributed by atoms with Gasteiger partial charge in [-0.1, -0.05) is 0 Å². The van der Waals surface area contributed by atoms with Crippen LogP contribution in [0.5, 0.6) is 5.75 Å². The molecule has 0 aliphatic rings. The fraction of sp³-hybridized carbons (Fsp3) is 0.667. The van der Waals surface area contributed by atoms with Crippen molar-refractivity contribution < 1.29 is 38.0 Å². The van der Waals surface area contributed by atoms with Crippen molar-refractivity contribution in [2.75, 3.05) is 91.7 Å². The Bertz CT molecular complexity index is 526. The Kier molecular flexibility index (Phi) is 16.8. The number of hydrogen-bond donors (Lipinski definition) is 1. The maximum atomic E-state index is 11.0. The van der Waals surface area contributed by atoms with Crippen LogP contribution in [-0.4, -0.2) is 92.3 Å². The number of rotatable bonds is 20. The van der Waals surface area contributed by atoms with E-state index in [2.05, 4.69) is 5.32 Å². The Balaban J connectivity index is 1.79. The molecule has 0 aromatic heterocycles. The summed E-state index contributed by atoms with van der Waals surface area (Å²) in [4.78, 5) is 11.0. The Morgan fingerprint density at radius 1 is 0.667 bits per heavy atom. The number of benzene rings is 1. The van der Waals surface area contributed by atoms with Crippen LogP contribution < -0.4 is 10.1 Å². The van der Waals surface area contributed by atoms with Gasteiger partial charge in [-0.2, -0.15) is 0 Å². The molecule has 0 saturated heterocycles. The quantitative estimate of drug-likeness (QED) is 0.314. The van der Waals surface area contributed by atoms with E-state index < -0.39 is 0 Å². The van der Waals surface area contributed by atoms with E-state index >= 15 is 0 Å². The van der Waals surface area contributed by atoms with E-state index in [0.717, 1.165) is 11.4 Å². The van der Waals surface area contributed by atoms with Gasteiger partial charge in [0.25, 0.3) is 0 Å². The summed E-state index contributed by atoms with van der Waals surface area (Å²) in [5, 5.41) is 2.70. The van der Waals surface area contributed by atoms with Gasteiger partial charge in [-0.15, -0.1) is 0 Å². The van der Waals surface area contributed by atoms with Gasteiger partial charge < -0.3 is 38.5 Å². The summed E-state index contributed by atoms with van der Waals surface area (Å²) < 4.78 is 37.4. The lowest BCUT2D eigenvalue weighted by molar-refractivity contribution is -0.114. The summed E-state index contributed by atoms with van der Waals surface area (Å²) in [6.45, 7) is 7.77. The van der Waals surface area contributed by atoms with E-state index in [4.69, 9.17) is 33.2 Å². The van der Waals surface area contributed by atoms with E-state index in [1.54, 1.807) is 31.4 Å². The molecule has 1 rings (SSSR count). The number of anilines is 1. The van der Waals surface area contributed by atoms with Crippen LogP contribution in [0.3, 0.4) is 0 Å². The summed E-state index contributed by atoms with van der Waals surface area (Å²) in [7, 11) is 1.64. The molecule has 0 atom stereocenters. The van der Waals surface area contributed by atoms with Crippen LogP contribution in [0.25, 0.3) is 0 Å². The van der Waals surface area contributed by atoms with E-state index in [1.165, 1.54) is 6.92 Å². The SMILES string of the molecule is COCCOCCOCCOCCOCCOCCOc1ccc(NC(C)=O)cc1. The lowest BCUT2D eigenvalue weighted by Crippen LogP contribution is -2.14. The molecule has 0 saturated carbocycles. The second-order valence-electron chi connectivity index (χ2n) is 6.11. The van der Waals surface area contributed by atoms with Crippen molar-refractivity contribution in [1.82, 2.24) is 0 Å². The minimum Gasteiger partial charge on any atom is -0.491 e. The fourth-order valence-electron chi connectivity index (χ4n) is 2.18. The van der Waals surface area contributed by atoms with Gasteiger partial charge >= 0.3 is 0 Å². The van der Waals surface area contributed by atoms with Crippen LogP contribution in [0, 0.1) is 0 Å². The lowest BCUT2D eigenvalue weighted by Gasteiger charge is -2.09. The summed E-state index contributed by atoms with van der Waals surface area (Å²) in [5.41, 5.74) is 0.739. The van der Waals surface area contributed by atoms with Gasteiger partial charge in [0.15, 0.2) is 0 Å². The van der Waals surface area contributed by atoms with Crippen molar-refractivity contribution >= 4 is 11.6 Å². The number of hydrogen-bond acceptors (Lipinski definition) is 8. The first-order chi connectivity index (χ1) is 14.7. The van der Waals surface area contributed by atoms with E-state index in [-0.39, 0.29) is 5.91 Å². The normalized spacial score (nSPS) is 10.9. The molecule has 1 aromatic carbocycles. The highest BCUT2D eigenvalue weighted by Gasteiger charge is 1.98. The van der Waals surface area contributed by atoms with Gasteiger partial charge in [0.05, 0.1) is 72.7 Å². The Labute approximate surface area is 178 Å². The number of carbonyl (C=O) groups is 1. The number of nitrogens with one attached hydrogen (secondary N) is 1. The summed E-state index contributed by atoms with van der Waals surface area (Å²) in [6, 6.07) is 7.18. The molecule has 0 bridgehead atoms. The molecule has 0 unspecified atom stereocenters. The molecular formula is C21H35NO8. The third-order valence-corrected chi connectivity index (χ3v) is 3.59. The van der Waals surface area contributed by atoms with E-state index in [0.29, 0.717) is 79.3 Å². The lowest BCUT2D eigenvalue weighted by atomic mass is 10.3. The van der Waals surface area contributed by atoms with E-state index in [9.17, 15) is 4.79 Å². The zero-order valence-corrected chi connectivity index (χ0v) is 18.1. The third-order valence-electron chi connectivity index (χ3n) is 3.59.